The predicted octanol–water partition coefficient (Wildman–Crippen LogP) is 1.85. The van der Waals surface area contributed by atoms with Crippen molar-refractivity contribution in [2.75, 3.05) is 13.1 Å². The van der Waals surface area contributed by atoms with Crippen LogP contribution in [-0.4, -0.2) is 25.3 Å². The van der Waals surface area contributed by atoms with Gasteiger partial charge in [0.15, 0.2) is 0 Å². The number of hydrogen-bond donors (Lipinski definition) is 2. The van der Waals surface area contributed by atoms with E-state index in [2.05, 4.69) is 10.6 Å². The van der Waals surface area contributed by atoms with Gasteiger partial charge < -0.3 is 10.6 Å². The standard InChI is InChI=1S/C11H13F3N2/c12-11(13,14)10-9(15-6-7-16-10)8-4-2-1-3-5-8/h1-5,9-10,15-16H,6-7H2/t9-,10+/m1/s1. The van der Waals surface area contributed by atoms with E-state index in [1.54, 1.807) is 30.3 Å². The van der Waals surface area contributed by atoms with Crippen molar-refractivity contribution in [3.8, 4) is 0 Å². The molecule has 1 saturated heterocycles. The molecule has 1 fully saturated rings. The van der Waals surface area contributed by atoms with Gasteiger partial charge in [-0.2, -0.15) is 13.2 Å². The van der Waals surface area contributed by atoms with E-state index < -0.39 is 18.3 Å². The summed E-state index contributed by atoms with van der Waals surface area (Å²) in [5.74, 6) is 0. The van der Waals surface area contributed by atoms with Gasteiger partial charge in [-0.15, -0.1) is 0 Å². The van der Waals surface area contributed by atoms with Gasteiger partial charge in [-0.25, -0.2) is 0 Å². The lowest BCUT2D eigenvalue weighted by molar-refractivity contribution is -0.166. The summed E-state index contributed by atoms with van der Waals surface area (Å²) in [5.41, 5.74) is 0.664. The Morgan fingerprint density at radius 2 is 1.62 bits per heavy atom. The van der Waals surface area contributed by atoms with Gasteiger partial charge in [-0.3, -0.25) is 0 Å². The molecule has 5 heteroatoms. The quantitative estimate of drug-likeness (QED) is 0.769. The molecule has 88 valence electrons. The molecular formula is C11H13F3N2. The summed E-state index contributed by atoms with van der Waals surface area (Å²) in [6, 6.07) is 6.51. The van der Waals surface area contributed by atoms with Crippen molar-refractivity contribution >= 4 is 0 Å². The largest absolute Gasteiger partial charge is 0.405 e. The lowest BCUT2D eigenvalue weighted by Crippen LogP contribution is -2.57. The number of hydrogen-bond acceptors (Lipinski definition) is 2. The van der Waals surface area contributed by atoms with E-state index >= 15 is 0 Å². The second-order valence-corrected chi connectivity index (χ2v) is 3.82. The van der Waals surface area contributed by atoms with E-state index in [9.17, 15) is 13.2 Å². The molecule has 2 atom stereocenters. The SMILES string of the molecule is FC(F)(F)[C@H]1NCCN[C@@H]1c1ccccc1. The lowest BCUT2D eigenvalue weighted by atomic mass is 9.97. The van der Waals surface area contributed by atoms with Gasteiger partial charge in [0, 0.05) is 13.1 Å². The van der Waals surface area contributed by atoms with Crippen molar-refractivity contribution < 1.29 is 13.2 Å². The molecule has 0 bridgehead atoms. The topological polar surface area (TPSA) is 24.1 Å². The molecule has 1 aliphatic rings. The highest BCUT2D eigenvalue weighted by molar-refractivity contribution is 5.22. The number of benzene rings is 1. The Bertz CT molecular complexity index is 337. The highest BCUT2D eigenvalue weighted by atomic mass is 19.4. The molecule has 0 aromatic heterocycles. The van der Waals surface area contributed by atoms with Gasteiger partial charge in [0.2, 0.25) is 0 Å². The minimum Gasteiger partial charge on any atom is -0.307 e. The number of rotatable bonds is 1. The summed E-state index contributed by atoms with van der Waals surface area (Å²) in [4.78, 5) is 0. The van der Waals surface area contributed by atoms with Crippen molar-refractivity contribution in [3.05, 3.63) is 35.9 Å². The first-order valence-corrected chi connectivity index (χ1v) is 5.17. The molecular weight excluding hydrogens is 217 g/mol. The van der Waals surface area contributed by atoms with Crippen LogP contribution in [0.2, 0.25) is 0 Å². The van der Waals surface area contributed by atoms with Crippen LogP contribution in [0, 0.1) is 0 Å². The normalized spacial score (nSPS) is 26.7. The minimum atomic E-state index is -4.23. The van der Waals surface area contributed by atoms with Crippen LogP contribution in [0.15, 0.2) is 30.3 Å². The first-order chi connectivity index (χ1) is 7.59. The molecule has 0 amide bonds. The third-order valence-corrected chi connectivity index (χ3v) is 2.70. The molecule has 0 radical (unpaired) electrons. The monoisotopic (exact) mass is 230 g/mol. The summed E-state index contributed by atoms with van der Waals surface area (Å²) in [5, 5.41) is 5.43. The van der Waals surface area contributed by atoms with Crippen LogP contribution in [0.5, 0.6) is 0 Å². The second-order valence-electron chi connectivity index (χ2n) is 3.82. The van der Waals surface area contributed by atoms with Crippen molar-refractivity contribution in [3.63, 3.8) is 0 Å². The van der Waals surface area contributed by atoms with Gasteiger partial charge in [-0.05, 0) is 5.56 Å². The van der Waals surface area contributed by atoms with E-state index in [1.807, 2.05) is 0 Å². The van der Waals surface area contributed by atoms with Crippen molar-refractivity contribution in [2.24, 2.45) is 0 Å². The Kier molecular flexibility index (Phi) is 3.16. The predicted molar refractivity (Wildman–Crippen MR) is 55.0 cm³/mol. The van der Waals surface area contributed by atoms with Gasteiger partial charge in [0.1, 0.15) is 6.04 Å². The van der Waals surface area contributed by atoms with Crippen LogP contribution in [0.3, 0.4) is 0 Å². The summed E-state index contributed by atoms with van der Waals surface area (Å²) >= 11 is 0. The Morgan fingerprint density at radius 1 is 1.00 bits per heavy atom. The van der Waals surface area contributed by atoms with Crippen molar-refractivity contribution in [2.45, 2.75) is 18.3 Å². The maximum absolute atomic E-state index is 12.8. The smallest absolute Gasteiger partial charge is 0.307 e. The molecule has 1 aliphatic heterocycles. The van der Waals surface area contributed by atoms with E-state index in [1.165, 1.54) is 0 Å². The summed E-state index contributed by atoms with van der Waals surface area (Å²) in [6.45, 7) is 0.889. The average molecular weight is 230 g/mol. The highest BCUT2D eigenvalue weighted by Crippen LogP contribution is 2.31. The first kappa shape index (κ1) is 11.4. The fourth-order valence-electron chi connectivity index (χ4n) is 1.97. The molecule has 2 N–H and O–H groups in total. The van der Waals surface area contributed by atoms with Crippen LogP contribution < -0.4 is 10.6 Å². The van der Waals surface area contributed by atoms with Crippen LogP contribution >= 0.6 is 0 Å². The fourth-order valence-corrected chi connectivity index (χ4v) is 1.97. The zero-order chi connectivity index (χ0) is 11.6. The molecule has 0 spiro atoms. The van der Waals surface area contributed by atoms with Gasteiger partial charge in [-0.1, -0.05) is 30.3 Å². The van der Waals surface area contributed by atoms with Crippen molar-refractivity contribution in [1.82, 2.24) is 10.6 Å². The van der Waals surface area contributed by atoms with E-state index in [0.29, 0.717) is 18.7 Å². The molecule has 1 aromatic carbocycles. The molecule has 2 rings (SSSR count). The summed E-state index contributed by atoms with van der Waals surface area (Å²) in [7, 11) is 0. The average Bonchev–Trinajstić information content (AvgIpc) is 2.29. The third kappa shape index (κ3) is 2.36. The molecule has 1 aromatic rings. The fraction of sp³-hybridized carbons (Fsp3) is 0.455. The number of alkyl halides is 3. The summed E-state index contributed by atoms with van der Waals surface area (Å²) in [6.07, 6.45) is -4.23. The molecule has 1 heterocycles. The van der Waals surface area contributed by atoms with E-state index in [0.717, 1.165) is 0 Å². The maximum Gasteiger partial charge on any atom is 0.405 e. The Hall–Kier alpha value is -1.07. The Morgan fingerprint density at radius 3 is 2.25 bits per heavy atom. The van der Waals surface area contributed by atoms with Crippen LogP contribution in [0.25, 0.3) is 0 Å². The molecule has 2 nitrogen and oxygen atoms in total. The van der Waals surface area contributed by atoms with Crippen molar-refractivity contribution in [1.29, 1.82) is 0 Å². The number of piperazine rings is 1. The maximum atomic E-state index is 12.8. The zero-order valence-electron chi connectivity index (χ0n) is 8.59. The number of halogens is 3. The molecule has 16 heavy (non-hydrogen) atoms. The molecule has 0 aliphatic carbocycles. The second kappa shape index (κ2) is 4.43. The minimum absolute atomic E-state index is 0.341. The number of nitrogens with one attached hydrogen (secondary N) is 2. The van der Waals surface area contributed by atoms with Gasteiger partial charge in [0.05, 0.1) is 6.04 Å². The Balaban J connectivity index is 2.24. The van der Waals surface area contributed by atoms with Gasteiger partial charge in [0.25, 0.3) is 0 Å². The van der Waals surface area contributed by atoms with Gasteiger partial charge >= 0.3 is 6.18 Å². The van der Waals surface area contributed by atoms with Crippen LogP contribution in [-0.2, 0) is 0 Å². The summed E-state index contributed by atoms with van der Waals surface area (Å²) < 4.78 is 38.3. The first-order valence-electron chi connectivity index (χ1n) is 5.17. The highest BCUT2D eigenvalue weighted by Gasteiger charge is 2.46. The van der Waals surface area contributed by atoms with E-state index in [-0.39, 0.29) is 0 Å². The zero-order valence-corrected chi connectivity index (χ0v) is 8.59. The van der Waals surface area contributed by atoms with Crippen LogP contribution in [0.1, 0.15) is 11.6 Å². The third-order valence-electron chi connectivity index (χ3n) is 2.70. The Labute approximate surface area is 91.8 Å². The molecule has 0 unspecified atom stereocenters. The van der Waals surface area contributed by atoms with E-state index in [4.69, 9.17) is 0 Å². The molecule has 0 saturated carbocycles. The van der Waals surface area contributed by atoms with Crippen LogP contribution in [0.4, 0.5) is 13.2 Å². The lowest BCUT2D eigenvalue weighted by Gasteiger charge is -2.35.